The molecule has 4 heteroatoms. The van der Waals surface area contributed by atoms with Gasteiger partial charge in [-0.05, 0) is 25.0 Å². The summed E-state index contributed by atoms with van der Waals surface area (Å²) in [4.78, 5) is 11.7. The topological polar surface area (TPSA) is 29.0 Å². The smallest absolute Gasteiger partial charge is 0.139 e. The molecule has 2 unspecified atom stereocenters. The Kier molecular flexibility index (Phi) is 3.69. The summed E-state index contributed by atoms with van der Waals surface area (Å²) in [6.07, 6.45) is 6.77. The first-order valence-electron chi connectivity index (χ1n) is 6.84. The second-order valence-corrected chi connectivity index (χ2v) is 6.37. The van der Waals surface area contributed by atoms with Crippen molar-refractivity contribution in [3.05, 3.63) is 30.6 Å². The van der Waals surface area contributed by atoms with Crippen molar-refractivity contribution in [3.63, 3.8) is 0 Å². The molecule has 3 rings (SSSR count). The van der Waals surface area contributed by atoms with Gasteiger partial charge in [-0.25, -0.2) is 9.97 Å². The predicted molar refractivity (Wildman–Crippen MR) is 82.9 cm³/mol. The molecule has 0 saturated heterocycles. The van der Waals surface area contributed by atoms with Crippen LogP contribution in [0.2, 0.25) is 0 Å². The van der Waals surface area contributed by atoms with Crippen molar-refractivity contribution in [1.82, 2.24) is 9.97 Å². The maximum Gasteiger partial charge on any atom is 0.139 e. The van der Waals surface area contributed by atoms with Gasteiger partial charge in [-0.15, -0.1) is 0 Å². The van der Waals surface area contributed by atoms with Gasteiger partial charge < -0.3 is 4.90 Å². The number of alkyl halides is 1. The molecule has 1 aliphatic rings. The summed E-state index contributed by atoms with van der Waals surface area (Å²) in [5.74, 6) is 1.04. The number of halogens is 1. The molecule has 0 spiro atoms. The first-order chi connectivity index (χ1) is 9.27. The van der Waals surface area contributed by atoms with E-state index in [0.717, 1.165) is 16.7 Å². The number of anilines is 1. The summed E-state index contributed by atoms with van der Waals surface area (Å²) < 4.78 is 0. The van der Waals surface area contributed by atoms with Gasteiger partial charge in [0.15, 0.2) is 0 Å². The molecular weight excluding hydrogens is 302 g/mol. The number of hydrogen-bond donors (Lipinski definition) is 0. The van der Waals surface area contributed by atoms with Crippen molar-refractivity contribution in [2.24, 2.45) is 0 Å². The van der Waals surface area contributed by atoms with Gasteiger partial charge in [0.05, 0.1) is 5.52 Å². The van der Waals surface area contributed by atoms with Gasteiger partial charge in [-0.1, -0.05) is 40.9 Å². The lowest BCUT2D eigenvalue weighted by Crippen LogP contribution is -2.41. The maximum atomic E-state index is 4.51. The highest BCUT2D eigenvalue weighted by Gasteiger charge is 2.27. The third-order valence-electron chi connectivity index (χ3n) is 4.00. The first-order valence-corrected chi connectivity index (χ1v) is 7.75. The lowest BCUT2D eigenvalue weighted by Gasteiger charge is -2.36. The zero-order valence-corrected chi connectivity index (χ0v) is 12.7. The van der Waals surface area contributed by atoms with E-state index in [1.807, 2.05) is 12.1 Å². The van der Waals surface area contributed by atoms with Gasteiger partial charge in [0.1, 0.15) is 12.1 Å². The standard InChI is InChI=1S/C15H18BrN3/c1-19(14-9-5-3-7-12(14)16)15-11-6-2-4-8-13(11)17-10-18-15/h2,4,6,8,10,12,14H,3,5,7,9H2,1H3. The van der Waals surface area contributed by atoms with Crippen molar-refractivity contribution in [2.75, 3.05) is 11.9 Å². The summed E-state index contributed by atoms with van der Waals surface area (Å²) in [5, 5.41) is 1.14. The van der Waals surface area contributed by atoms with Crippen LogP contribution in [0.1, 0.15) is 25.7 Å². The van der Waals surface area contributed by atoms with Crippen LogP contribution in [0, 0.1) is 0 Å². The number of nitrogens with zero attached hydrogens (tertiary/aromatic N) is 3. The van der Waals surface area contributed by atoms with E-state index in [1.165, 1.54) is 25.7 Å². The van der Waals surface area contributed by atoms with E-state index in [9.17, 15) is 0 Å². The summed E-state index contributed by atoms with van der Waals surface area (Å²) in [7, 11) is 2.15. The van der Waals surface area contributed by atoms with Crippen LogP contribution in [0.5, 0.6) is 0 Å². The molecule has 0 radical (unpaired) electrons. The van der Waals surface area contributed by atoms with Crippen LogP contribution in [-0.4, -0.2) is 27.9 Å². The number of rotatable bonds is 2. The van der Waals surface area contributed by atoms with Crippen LogP contribution in [0.3, 0.4) is 0 Å². The summed E-state index contributed by atoms with van der Waals surface area (Å²) in [6.45, 7) is 0. The number of benzene rings is 1. The fourth-order valence-corrected chi connectivity index (χ4v) is 3.87. The van der Waals surface area contributed by atoms with Crippen LogP contribution >= 0.6 is 15.9 Å². The molecule has 100 valence electrons. The molecule has 1 aromatic heterocycles. The van der Waals surface area contributed by atoms with Crippen molar-refractivity contribution < 1.29 is 0 Å². The number of fused-ring (bicyclic) bond motifs is 1. The minimum atomic E-state index is 0.520. The molecule has 1 heterocycles. The molecule has 2 aromatic rings. The third-order valence-corrected chi connectivity index (χ3v) is 5.07. The van der Waals surface area contributed by atoms with Gasteiger partial charge in [-0.2, -0.15) is 0 Å². The van der Waals surface area contributed by atoms with Crippen LogP contribution in [-0.2, 0) is 0 Å². The van der Waals surface area contributed by atoms with Crippen molar-refractivity contribution >= 4 is 32.7 Å². The maximum absolute atomic E-state index is 4.51. The van der Waals surface area contributed by atoms with Crippen LogP contribution in [0.15, 0.2) is 30.6 Å². The molecule has 0 N–H and O–H groups in total. The van der Waals surface area contributed by atoms with Gasteiger partial charge >= 0.3 is 0 Å². The zero-order chi connectivity index (χ0) is 13.2. The second-order valence-electron chi connectivity index (χ2n) is 5.19. The quantitative estimate of drug-likeness (QED) is 0.789. The van der Waals surface area contributed by atoms with Crippen molar-refractivity contribution in [1.29, 1.82) is 0 Å². The molecule has 1 saturated carbocycles. The monoisotopic (exact) mass is 319 g/mol. The minimum absolute atomic E-state index is 0.520. The van der Waals surface area contributed by atoms with Crippen molar-refractivity contribution in [2.45, 2.75) is 36.6 Å². The Labute approximate surface area is 122 Å². The van der Waals surface area contributed by atoms with Crippen molar-refractivity contribution in [3.8, 4) is 0 Å². The van der Waals surface area contributed by atoms with Gasteiger partial charge in [0.2, 0.25) is 0 Å². The van der Waals surface area contributed by atoms with E-state index in [1.54, 1.807) is 6.33 Å². The van der Waals surface area contributed by atoms with E-state index in [2.05, 4.69) is 50.0 Å². The Morgan fingerprint density at radius 2 is 1.95 bits per heavy atom. The second kappa shape index (κ2) is 5.45. The average Bonchev–Trinajstić information content (AvgIpc) is 2.46. The average molecular weight is 320 g/mol. The normalized spacial score (nSPS) is 23.5. The molecule has 0 amide bonds. The molecule has 2 atom stereocenters. The first kappa shape index (κ1) is 12.9. The number of hydrogen-bond acceptors (Lipinski definition) is 3. The molecule has 1 aliphatic carbocycles. The molecule has 1 fully saturated rings. The summed E-state index contributed by atoms with van der Waals surface area (Å²) in [6, 6.07) is 8.74. The van der Waals surface area contributed by atoms with Crippen LogP contribution < -0.4 is 4.90 Å². The predicted octanol–water partition coefficient (Wildman–Crippen LogP) is 3.77. The molecular formula is C15H18BrN3. The highest BCUT2D eigenvalue weighted by Crippen LogP contribution is 2.32. The highest BCUT2D eigenvalue weighted by molar-refractivity contribution is 9.09. The van der Waals surface area contributed by atoms with Gasteiger partial charge in [-0.3, -0.25) is 0 Å². The molecule has 19 heavy (non-hydrogen) atoms. The number of para-hydroxylation sites is 1. The Morgan fingerprint density at radius 1 is 1.16 bits per heavy atom. The molecule has 0 aliphatic heterocycles. The largest absolute Gasteiger partial charge is 0.355 e. The van der Waals surface area contributed by atoms with E-state index < -0.39 is 0 Å². The lowest BCUT2D eigenvalue weighted by atomic mass is 9.94. The minimum Gasteiger partial charge on any atom is -0.355 e. The number of aromatic nitrogens is 2. The van der Waals surface area contributed by atoms with E-state index >= 15 is 0 Å². The molecule has 1 aromatic carbocycles. The fraction of sp³-hybridized carbons (Fsp3) is 0.467. The SMILES string of the molecule is CN(c1ncnc2ccccc12)C1CCCCC1Br. The van der Waals surface area contributed by atoms with Crippen LogP contribution in [0.4, 0.5) is 5.82 Å². The Balaban J connectivity index is 1.99. The van der Waals surface area contributed by atoms with Crippen LogP contribution in [0.25, 0.3) is 10.9 Å². The van der Waals surface area contributed by atoms with E-state index in [0.29, 0.717) is 10.9 Å². The van der Waals surface area contributed by atoms with Gasteiger partial charge in [0, 0.05) is 23.3 Å². The zero-order valence-electron chi connectivity index (χ0n) is 11.1. The summed E-state index contributed by atoms with van der Waals surface area (Å²) >= 11 is 3.83. The Hall–Kier alpha value is -1.16. The summed E-state index contributed by atoms with van der Waals surface area (Å²) in [5.41, 5.74) is 1.02. The van der Waals surface area contributed by atoms with Gasteiger partial charge in [0.25, 0.3) is 0 Å². The molecule has 0 bridgehead atoms. The van der Waals surface area contributed by atoms with E-state index in [4.69, 9.17) is 0 Å². The lowest BCUT2D eigenvalue weighted by molar-refractivity contribution is 0.443. The third kappa shape index (κ3) is 2.46. The van der Waals surface area contributed by atoms with E-state index in [-0.39, 0.29) is 0 Å². The highest BCUT2D eigenvalue weighted by atomic mass is 79.9. The Bertz CT molecular complexity index is 567. The Morgan fingerprint density at radius 3 is 2.79 bits per heavy atom. The fourth-order valence-electron chi connectivity index (χ4n) is 2.93. The molecule has 3 nitrogen and oxygen atoms in total.